The number of nitrogens with zero attached hydrogens (tertiary/aromatic N) is 1. The van der Waals surface area contributed by atoms with E-state index >= 15 is 0 Å². The van der Waals surface area contributed by atoms with Gasteiger partial charge in [-0.05, 0) is 44.9 Å². The molecular weight excluding hydrogens is 400 g/mol. The normalized spacial score (nSPS) is 23.8. The van der Waals surface area contributed by atoms with Crippen LogP contribution in [-0.4, -0.2) is 37.3 Å². The van der Waals surface area contributed by atoms with Gasteiger partial charge in [-0.15, -0.1) is 0 Å². The van der Waals surface area contributed by atoms with Crippen LogP contribution in [0.2, 0.25) is 0 Å². The van der Waals surface area contributed by atoms with E-state index in [1.807, 2.05) is 38.1 Å². The molecule has 0 saturated carbocycles. The highest BCUT2D eigenvalue weighted by atomic mass is 32.2. The Morgan fingerprint density at radius 2 is 1.80 bits per heavy atom. The van der Waals surface area contributed by atoms with Crippen molar-refractivity contribution in [2.75, 3.05) is 13.1 Å². The fourth-order valence-electron chi connectivity index (χ4n) is 4.34. The van der Waals surface area contributed by atoms with Gasteiger partial charge < -0.3 is 10.1 Å². The van der Waals surface area contributed by atoms with Gasteiger partial charge in [-0.3, -0.25) is 4.79 Å². The standard InChI is InChI=1S/C23H28N2O4S/c1-23(2)15-20(19-12-6-7-13-21(19)29-23)24-22(26)17-9-8-14-25(16-17)30(27,28)18-10-4-3-5-11-18/h3-7,10-13,17,20H,8-9,14-16H2,1-2H3,(H,24,26)/t17-,20+/m0/s1. The first-order valence-corrected chi connectivity index (χ1v) is 11.8. The van der Waals surface area contributed by atoms with Crippen LogP contribution in [0, 0.1) is 5.92 Å². The van der Waals surface area contributed by atoms with Gasteiger partial charge in [0.2, 0.25) is 15.9 Å². The van der Waals surface area contributed by atoms with Gasteiger partial charge in [-0.2, -0.15) is 4.31 Å². The third-order valence-electron chi connectivity index (χ3n) is 5.83. The van der Waals surface area contributed by atoms with Crippen molar-refractivity contribution < 1.29 is 17.9 Å². The molecule has 6 nitrogen and oxygen atoms in total. The third-order valence-corrected chi connectivity index (χ3v) is 7.71. The molecule has 7 heteroatoms. The Kier molecular flexibility index (Phi) is 5.59. The summed E-state index contributed by atoms with van der Waals surface area (Å²) in [6.45, 7) is 4.67. The number of amides is 1. The number of hydrogen-bond donors (Lipinski definition) is 1. The first kappa shape index (κ1) is 20.9. The van der Waals surface area contributed by atoms with Crippen LogP contribution < -0.4 is 10.1 Å². The van der Waals surface area contributed by atoms with Crippen LogP contribution >= 0.6 is 0 Å². The van der Waals surface area contributed by atoms with E-state index in [4.69, 9.17) is 4.74 Å². The Bertz CT molecular complexity index is 1020. The van der Waals surface area contributed by atoms with Crippen LogP contribution in [0.15, 0.2) is 59.5 Å². The Morgan fingerprint density at radius 1 is 1.10 bits per heavy atom. The Morgan fingerprint density at radius 3 is 2.57 bits per heavy atom. The quantitative estimate of drug-likeness (QED) is 0.809. The summed E-state index contributed by atoms with van der Waals surface area (Å²) in [5, 5.41) is 3.17. The summed E-state index contributed by atoms with van der Waals surface area (Å²) < 4.78 is 33.4. The minimum atomic E-state index is -3.60. The molecule has 0 aromatic heterocycles. The van der Waals surface area contributed by atoms with Crippen molar-refractivity contribution in [2.24, 2.45) is 5.92 Å². The number of para-hydroxylation sites is 1. The molecule has 30 heavy (non-hydrogen) atoms. The Hall–Kier alpha value is -2.38. The van der Waals surface area contributed by atoms with E-state index in [0.29, 0.717) is 25.8 Å². The molecule has 1 fully saturated rings. The monoisotopic (exact) mass is 428 g/mol. The van der Waals surface area contributed by atoms with Crippen molar-refractivity contribution >= 4 is 15.9 Å². The topological polar surface area (TPSA) is 75.7 Å². The van der Waals surface area contributed by atoms with Gasteiger partial charge in [0.25, 0.3) is 0 Å². The summed E-state index contributed by atoms with van der Waals surface area (Å²) in [5.41, 5.74) is 0.580. The number of carbonyl (C=O) groups excluding carboxylic acids is 1. The van der Waals surface area contributed by atoms with Crippen LogP contribution in [0.5, 0.6) is 5.75 Å². The van der Waals surface area contributed by atoms with Crippen molar-refractivity contribution in [1.29, 1.82) is 0 Å². The average molecular weight is 429 g/mol. The van der Waals surface area contributed by atoms with Crippen LogP contribution in [-0.2, 0) is 14.8 Å². The lowest BCUT2D eigenvalue weighted by molar-refractivity contribution is -0.127. The van der Waals surface area contributed by atoms with E-state index in [2.05, 4.69) is 5.32 Å². The highest BCUT2D eigenvalue weighted by Gasteiger charge is 2.37. The molecule has 2 aromatic carbocycles. The number of piperidine rings is 1. The molecular formula is C23H28N2O4S. The second-order valence-electron chi connectivity index (χ2n) is 8.68. The molecule has 1 saturated heterocycles. The summed E-state index contributed by atoms with van der Waals surface area (Å²) in [5.74, 6) is 0.326. The highest BCUT2D eigenvalue weighted by molar-refractivity contribution is 7.89. The van der Waals surface area contributed by atoms with E-state index < -0.39 is 10.0 Å². The first-order chi connectivity index (χ1) is 14.3. The summed E-state index contributed by atoms with van der Waals surface area (Å²) >= 11 is 0. The maximum Gasteiger partial charge on any atom is 0.243 e. The van der Waals surface area contributed by atoms with E-state index in [1.54, 1.807) is 30.3 Å². The number of nitrogens with one attached hydrogen (secondary N) is 1. The lowest BCUT2D eigenvalue weighted by atomic mass is 9.89. The molecule has 160 valence electrons. The second-order valence-corrected chi connectivity index (χ2v) is 10.6. The third kappa shape index (κ3) is 4.23. The predicted molar refractivity (Wildman–Crippen MR) is 115 cm³/mol. The summed E-state index contributed by atoms with van der Waals surface area (Å²) in [4.78, 5) is 13.4. The SMILES string of the molecule is CC1(C)C[C@@H](NC(=O)[C@H]2CCCN(S(=O)(=O)c3ccccc3)C2)c2ccccc2O1. The van der Waals surface area contributed by atoms with Crippen LogP contribution in [0.3, 0.4) is 0 Å². The zero-order valence-electron chi connectivity index (χ0n) is 17.4. The van der Waals surface area contributed by atoms with Crippen molar-refractivity contribution in [3.8, 4) is 5.75 Å². The van der Waals surface area contributed by atoms with Crippen LogP contribution in [0.4, 0.5) is 0 Å². The molecule has 0 unspecified atom stereocenters. The number of sulfonamides is 1. The maximum atomic E-state index is 13.1. The number of fused-ring (bicyclic) bond motifs is 1. The zero-order chi connectivity index (χ0) is 21.4. The Labute approximate surface area is 178 Å². The minimum absolute atomic E-state index is 0.0968. The number of ether oxygens (including phenoxy) is 1. The van der Waals surface area contributed by atoms with Gasteiger partial charge in [0.15, 0.2) is 0 Å². The molecule has 0 aliphatic carbocycles. The van der Waals surface area contributed by atoms with Crippen LogP contribution in [0.25, 0.3) is 0 Å². The molecule has 4 rings (SSSR count). The molecule has 2 heterocycles. The fraction of sp³-hybridized carbons (Fsp3) is 0.435. The van der Waals surface area contributed by atoms with Gasteiger partial charge in [-0.25, -0.2) is 8.42 Å². The lowest BCUT2D eigenvalue weighted by Crippen LogP contribution is -2.47. The predicted octanol–water partition coefficient (Wildman–Crippen LogP) is 3.51. The molecule has 1 N–H and O–H groups in total. The van der Waals surface area contributed by atoms with Crippen molar-refractivity contribution in [3.63, 3.8) is 0 Å². The lowest BCUT2D eigenvalue weighted by Gasteiger charge is -2.39. The van der Waals surface area contributed by atoms with Crippen LogP contribution in [0.1, 0.15) is 44.7 Å². The van der Waals surface area contributed by atoms with E-state index in [1.165, 1.54) is 4.31 Å². The van der Waals surface area contributed by atoms with Gasteiger partial charge in [0.1, 0.15) is 11.4 Å². The smallest absolute Gasteiger partial charge is 0.243 e. The number of rotatable bonds is 4. The molecule has 2 atom stereocenters. The molecule has 1 amide bonds. The van der Waals surface area contributed by atoms with E-state index in [0.717, 1.165) is 11.3 Å². The van der Waals surface area contributed by atoms with Crippen molar-refractivity contribution in [2.45, 2.75) is 49.6 Å². The maximum absolute atomic E-state index is 13.1. The average Bonchev–Trinajstić information content (AvgIpc) is 2.73. The van der Waals surface area contributed by atoms with Crippen molar-refractivity contribution in [1.82, 2.24) is 9.62 Å². The summed E-state index contributed by atoms with van der Waals surface area (Å²) in [6.07, 6.45) is 2.01. The zero-order valence-corrected chi connectivity index (χ0v) is 18.2. The molecule has 2 aliphatic rings. The molecule has 2 aromatic rings. The summed E-state index contributed by atoms with van der Waals surface area (Å²) in [6, 6.07) is 16.0. The van der Waals surface area contributed by atoms with Crippen molar-refractivity contribution in [3.05, 3.63) is 60.2 Å². The second kappa shape index (κ2) is 8.04. The van der Waals surface area contributed by atoms with Gasteiger partial charge >= 0.3 is 0 Å². The number of carbonyl (C=O) groups is 1. The highest BCUT2D eigenvalue weighted by Crippen LogP contribution is 2.39. The molecule has 2 aliphatic heterocycles. The van der Waals surface area contributed by atoms with E-state index in [9.17, 15) is 13.2 Å². The minimum Gasteiger partial charge on any atom is -0.487 e. The largest absolute Gasteiger partial charge is 0.487 e. The van der Waals surface area contributed by atoms with Gasteiger partial charge in [-0.1, -0.05) is 36.4 Å². The Balaban J connectivity index is 1.49. The fourth-order valence-corrected chi connectivity index (χ4v) is 5.88. The number of benzene rings is 2. The summed E-state index contributed by atoms with van der Waals surface area (Å²) in [7, 11) is -3.60. The number of hydrogen-bond acceptors (Lipinski definition) is 4. The molecule has 0 bridgehead atoms. The molecule has 0 spiro atoms. The van der Waals surface area contributed by atoms with E-state index in [-0.39, 0.29) is 34.9 Å². The van der Waals surface area contributed by atoms with Gasteiger partial charge in [0, 0.05) is 25.1 Å². The first-order valence-electron chi connectivity index (χ1n) is 10.4. The van der Waals surface area contributed by atoms with Gasteiger partial charge in [0.05, 0.1) is 16.9 Å². The molecule has 0 radical (unpaired) electrons.